The summed E-state index contributed by atoms with van der Waals surface area (Å²) in [7, 11) is 1.42. The summed E-state index contributed by atoms with van der Waals surface area (Å²) in [5.74, 6) is -0.113. The number of methoxy groups -OCH3 is 1. The minimum absolute atomic E-state index is 0. The van der Waals surface area contributed by atoms with Crippen molar-refractivity contribution in [1.29, 1.82) is 0 Å². The van der Waals surface area contributed by atoms with Crippen molar-refractivity contribution in [2.24, 2.45) is 4.99 Å². The van der Waals surface area contributed by atoms with Crippen LogP contribution in [-0.2, 0) is 13.2 Å². The second-order valence-electron chi connectivity index (χ2n) is 6.04. The molecule has 2 rings (SSSR count). The van der Waals surface area contributed by atoms with Gasteiger partial charge in [-0.25, -0.2) is 13.8 Å². The highest BCUT2D eigenvalue weighted by molar-refractivity contribution is 14.0. The van der Waals surface area contributed by atoms with Crippen LogP contribution in [0.15, 0.2) is 41.4 Å². The molecule has 0 radical (unpaired) electrons. The zero-order valence-electron chi connectivity index (χ0n) is 16.1. The third kappa shape index (κ3) is 6.59. The Morgan fingerprint density at radius 1 is 1.18 bits per heavy atom. The SMILES string of the molecule is CCNC(=NCc1ccc(F)c(CO)c1)NC(C)c1ccc(OC)c(F)c1.I. The van der Waals surface area contributed by atoms with Gasteiger partial charge in [-0.15, -0.1) is 24.0 Å². The van der Waals surface area contributed by atoms with Gasteiger partial charge < -0.3 is 20.5 Å². The molecule has 5 nitrogen and oxygen atoms in total. The summed E-state index contributed by atoms with van der Waals surface area (Å²) in [4.78, 5) is 4.48. The normalized spacial score (nSPS) is 12.1. The van der Waals surface area contributed by atoms with Gasteiger partial charge >= 0.3 is 0 Å². The number of aliphatic hydroxyl groups is 1. The van der Waals surface area contributed by atoms with E-state index in [1.807, 2.05) is 13.8 Å². The molecule has 8 heteroatoms. The monoisotopic (exact) mass is 505 g/mol. The third-order valence-corrected chi connectivity index (χ3v) is 4.07. The number of nitrogens with zero attached hydrogens (tertiary/aromatic N) is 1. The van der Waals surface area contributed by atoms with Gasteiger partial charge in [0, 0.05) is 12.1 Å². The standard InChI is InChI=1S/C20H25F2N3O2.HI/c1-4-23-20(24-11-14-5-7-17(21)16(9-14)12-26)25-13(2)15-6-8-19(27-3)18(22)10-15;/h5-10,13,26H,4,11-12H2,1-3H3,(H2,23,24,25);1H. The molecule has 0 amide bonds. The van der Waals surface area contributed by atoms with Crippen molar-refractivity contribution in [3.8, 4) is 5.75 Å². The van der Waals surface area contributed by atoms with Gasteiger partial charge in [-0.2, -0.15) is 0 Å². The maximum absolute atomic E-state index is 13.9. The Bertz CT molecular complexity index is 803. The maximum Gasteiger partial charge on any atom is 0.192 e. The lowest BCUT2D eigenvalue weighted by molar-refractivity contribution is 0.275. The molecule has 0 saturated carbocycles. The van der Waals surface area contributed by atoms with Gasteiger partial charge in [-0.05, 0) is 49.2 Å². The Morgan fingerprint density at radius 2 is 1.93 bits per heavy atom. The minimum atomic E-state index is -0.439. The smallest absolute Gasteiger partial charge is 0.192 e. The number of rotatable bonds is 7. The van der Waals surface area contributed by atoms with Crippen molar-refractivity contribution in [2.75, 3.05) is 13.7 Å². The number of nitrogens with one attached hydrogen (secondary N) is 2. The molecular weight excluding hydrogens is 479 g/mol. The van der Waals surface area contributed by atoms with Crippen LogP contribution in [0.25, 0.3) is 0 Å². The lowest BCUT2D eigenvalue weighted by atomic mass is 10.1. The van der Waals surface area contributed by atoms with E-state index in [9.17, 15) is 8.78 Å². The van der Waals surface area contributed by atoms with E-state index < -0.39 is 11.6 Å². The van der Waals surface area contributed by atoms with Gasteiger partial charge in [0.1, 0.15) is 5.82 Å². The van der Waals surface area contributed by atoms with Crippen LogP contribution in [-0.4, -0.2) is 24.7 Å². The Hall–Kier alpha value is -1.94. The van der Waals surface area contributed by atoms with E-state index in [1.54, 1.807) is 24.3 Å². The third-order valence-electron chi connectivity index (χ3n) is 4.07. The first kappa shape index (κ1) is 24.1. The predicted molar refractivity (Wildman–Crippen MR) is 117 cm³/mol. The molecule has 3 N–H and O–H groups in total. The molecule has 2 aromatic carbocycles. The molecule has 0 aromatic heterocycles. The summed E-state index contributed by atoms with van der Waals surface area (Å²) >= 11 is 0. The van der Waals surface area contributed by atoms with Crippen molar-refractivity contribution < 1.29 is 18.6 Å². The Balaban J connectivity index is 0.00000392. The highest BCUT2D eigenvalue weighted by atomic mass is 127. The van der Waals surface area contributed by atoms with Gasteiger partial charge in [-0.1, -0.05) is 12.1 Å². The molecular formula is C20H26F2IN3O2. The molecule has 0 fully saturated rings. The molecule has 0 heterocycles. The number of ether oxygens (including phenoxy) is 1. The highest BCUT2D eigenvalue weighted by Crippen LogP contribution is 2.21. The Labute approximate surface area is 181 Å². The van der Waals surface area contributed by atoms with E-state index in [2.05, 4.69) is 15.6 Å². The number of hydrogen-bond acceptors (Lipinski definition) is 3. The van der Waals surface area contributed by atoms with Crippen molar-refractivity contribution in [2.45, 2.75) is 33.0 Å². The molecule has 154 valence electrons. The van der Waals surface area contributed by atoms with Crippen LogP contribution in [0.3, 0.4) is 0 Å². The fourth-order valence-electron chi connectivity index (χ4n) is 2.58. The number of aliphatic hydroxyl groups excluding tert-OH is 1. The van der Waals surface area contributed by atoms with Gasteiger partial charge in [0.2, 0.25) is 0 Å². The van der Waals surface area contributed by atoms with E-state index >= 15 is 0 Å². The van der Waals surface area contributed by atoms with E-state index in [1.165, 1.54) is 19.2 Å². The van der Waals surface area contributed by atoms with Crippen molar-refractivity contribution in [1.82, 2.24) is 10.6 Å². The average Bonchev–Trinajstić information content (AvgIpc) is 2.67. The first-order chi connectivity index (χ1) is 13.0. The van der Waals surface area contributed by atoms with E-state index in [0.717, 1.165) is 11.1 Å². The predicted octanol–water partition coefficient (Wildman–Crippen LogP) is 3.90. The van der Waals surface area contributed by atoms with E-state index in [4.69, 9.17) is 9.84 Å². The molecule has 1 atom stereocenters. The van der Waals surface area contributed by atoms with Crippen LogP contribution in [0.5, 0.6) is 5.75 Å². The molecule has 0 aliphatic rings. The lowest BCUT2D eigenvalue weighted by Crippen LogP contribution is -2.38. The first-order valence-electron chi connectivity index (χ1n) is 8.74. The molecule has 1 unspecified atom stereocenters. The maximum atomic E-state index is 13.9. The Kier molecular flexibility index (Phi) is 10.2. The second kappa shape index (κ2) is 11.8. The van der Waals surface area contributed by atoms with E-state index in [0.29, 0.717) is 19.0 Å². The van der Waals surface area contributed by atoms with Crippen LogP contribution in [0, 0.1) is 11.6 Å². The fourth-order valence-corrected chi connectivity index (χ4v) is 2.58. The molecule has 0 spiro atoms. The second-order valence-corrected chi connectivity index (χ2v) is 6.04. The van der Waals surface area contributed by atoms with Crippen LogP contribution >= 0.6 is 24.0 Å². The summed E-state index contributed by atoms with van der Waals surface area (Å²) in [6.07, 6.45) is 0. The number of aliphatic imine (C=N–C) groups is 1. The van der Waals surface area contributed by atoms with Crippen LogP contribution < -0.4 is 15.4 Å². The molecule has 0 aliphatic carbocycles. The van der Waals surface area contributed by atoms with Gasteiger partial charge in [-0.3, -0.25) is 0 Å². The zero-order chi connectivity index (χ0) is 19.8. The molecule has 0 aliphatic heterocycles. The summed E-state index contributed by atoms with van der Waals surface area (Å²) < 4.78 is 32.3. The van der Waals surface area contributed by atoms with E-state index in [-0.39, 0.29) is 47.9 Å². The molecule has 0 saturated heterocycles. The van der Waals surface area contributed by atoms with Gasteiger partial charge in [0.15, 0.2) is 17.5 Å². The van der Waals surface area contributed by atoms with Crippen LogP contribution in [0.2, 0.25) is 0 Å². The quantitative estimate of drug-likeness (QED) is 0.304. The summed E-state index contributed by atoms with van der Waals surface area (Å²) in [5.41, 5.74) is 1.77. The first-order valence-corrected chi connectivity index (χ1v) is 8.74. The number of benzene rings is 2. The molecule has 28 heavy (non-hydrogen) atoms. The summed E-state index contributed by atoms with van der Waals surface area (Å²) in [5, 5.41) is 15.5. The zero-order valence-corrected chi connectivity index (χ0v) is 18.5. The van der Waals surface area contributed by atoms with Crippen molar-refractivity contribution in [3.63, 3.8) is 0 Å². The number of hydrogen-bond donors (Lipinski definition) is 3. The van der Waals surface area contributed by atoms with Gasteiger partial charge in [0.05, 0.1) is 26.3 Å². The highest BCUT2D eigenvalue weighted by Gasteiger charge is 2.11. The summed E-state index contributed by atoms with van der Waals surface area (Å²) in [6.45, 7) is 4.45. The largest absolute Gasteiger partial charge is 0.494 e. The lowest BCUT2D eigenvalue weighted by Gasteiger charge is -2.19. The van der Waals surface area contributed by atoms with Crippen LogP contribution in [0.4, 0.5) is 8.78 Å². The average molecular weight is 505 g/mol. The topological polar surface area (TPSA) is 65.9 Å². The van der Waals surface area contributed by atoms with Crippen LogP contribution in [0.1, 0.15) is 36.6 Å². The molecule has 0 bridgehead atoms. The molecule has 2 aromatic rings. The van der Waals surface area contributed by atoms with Gasteiger partial charge in [0.25, 0.3) is 0 Å². The minimum Gasteiger partial charge on any atom is -0.494 e. The number of guanidine groups is 1. The van der Waals surface area contributed by atoms with Crippen molar-refractivity contribution in [3.05, 3.63) is 64.7 Å². The van der Waals surface area contributed by atoms with Crippen molar-refractivity contribution >= 4 is 29.9 Å². The Morgan fingerprint density at radius 3 is 2.54 bits per heavy atom. The number of halogens is 3. The fraction of sp³-hybridized carbons (Fsp3) is 0.350. The summed E-state index contributed by atoms with van der Waals surface area (Å²) in [6, 6.07) is 9.14.